The van der Waals surface area contributed by atoms with Crippen LogP contribution in [0.2, 0.25) is 0 Å². The minimum Gasteiger partial charge on any atom is -0.456 e. The van der Waals surface area contributed by atoms with Crippen molar-refractivity contribution < 1.29 is 14.6 Å². The van der Waals surface area contributed by atoms with E-state index in [1.165, 1.54) is 11.3 Å². The molecule has 0 aliphatic carbocycles. The predicted octanol–water partition coefficient (Wildman–Crippen LogP) is 8.47. The number of aromatic nitrogens is 1. The molecule has 216 valence electrons. The van der Waals surface area contributed by atoms with Gasteiger partial charge >= 0.3 is 5.97 Å². The fraction of sp³-hybridized carbons (Fsp3) is 0.250. The van der Waals surface area contributed by atoms with E-state index in [2.05, 4.69) is 76.1 Å². The fourth-order valence-electron chi connectivity index (χ4n) is 5.23. The molecule has 0 saturated carbocycles. The molecule has 2 N–H and O–H groups in total. The van der Waals surface area contributed by atoms with Crippen molar-refractivity contribution in [3.05, 3.63) is 129 Å². The number of ether oxygens (including phenoxy) is 1. The van der Waals surface area contributed by atoms with E-state index in [0.29, 0.717) is 18.7 Å². The molecule has 0 aliphatic rings. The number of aliphatic hydroxyl groups is 1. The average Bonchev–Trinajstić information content (AvgIpc) is 3.20. The van der Waals surface area contributed by atoms with Gasteiger partial charge in [-0.05, 0) is 92.3 Å². The largest absolute Gasteiger partial charge is 0.456 e. The van der Waals surface area contributed by atoms with Gasteiger partial charge in [0, 0.05) is 34.2 Å². The summed E-state index contributed by atoms with van der Waals surface area (Å²) in [6.45, 7) is 11.2. The van der Waals surface area contributed by atoms with Gasteiger partial charge in [-0.3, -0.25) is 5.32 Å². The molecular formula is C36H37BrN2O3. The third-order valence-corrected chi connectivity index (χ3v) is 8.35. The number of benzene rings is 4. The number of nitrogens with one attached hydrogen (secondary N) is 1. The molecule has 0 radical (unpaired) electrons. The molecule has 1 heterocycles. The van der Waals surface area contributed by atoms with E-state index in [-0.39, 0.29) is 5.97 Å². The summed E-state index contributed by atoms with van der Waals surface area (Å²) in [5, 5.41) is 15.3. The van der Waals surface area contributed by atoms with Crippen LogP contribution in [0, 0.1) is 13.8 Å². The highest BCUT2D eigenvalue weighted by Crippen LogP contribution is 2.30. The van der Waals surface area contributed by atoms with Crippen LogP contribution < -0.4 is 5.32 Å². The lowest BCUT2D eigenvalue weighted by Gasteiger charge is -2.20. The van der Waals surface area contributed by atoms with Crippen molar-refractivity contribution in [3.63, 3.8) is 0 Å². The normalized spacial score (nSPS) is 12.5. The van der Waals surface area contributed by atoms with Crippen LogP contribution in [0.25, 0.3) is 22.0 Å². The van der Waals surface area contributed by atoms with E-state index in [1.54, 1.807) is 0 Å². The van der Waals surface area contributed by atoms with E-state index in [1.807, 2.05) is 75.4 Å². The van der Waals surface area contributed by atoms with Gasteiger partial charge in [0.15, 0.2) is 0 Å². The Morgan fingerprint density at radius 3 is 2.36 bits per heavy atom. The summed E-state index contributed by atoms with van der Waals surface area (Å²) in [6.07, 6.45) is -0.777. The summed E-state index contributed by atoms with van der Waals surface area (Å²) < 4.78 is 8.98. The number of rotatable bonds is 8. The Hall–Kier alpha value is -3.71. The average molecular weight is 626 g/mol. The third-order valence-electron chi connectivity index (χ3n) is 7.57. The van der Waals surface area contributed by atoms with E-state index in [0.717, 1.165) is 43.2 Å². The number of carbonyl (C=O) groups is 1. The summed E-state index contributed by atoms with van der Waals surface area (Å²) in [4.78, 5) is 12.9. The SMILES string of the molecule is Cc1c(C)n(Cc2ccc(-c3ccccc3C(=O)OC(C)(C)C)cc2)c2ccc(C(O)NCc3ccccc3Br)cc12. The number of carbonyl (C=O) groups excluding carboxylic acids is 1. The molecule has 1 atom stereocenters. The van der Waals surface area contributed by atoms with Crippen LogP contribution in [0.15, 0.2) is 95.5 Å². The number of aliphatic hydroxyl groups excluding tert-OH is 1. The first-order chi connectivity index (χ1) is 20.0. The van der Waals surface area contributed by atoms with Crippen molar-refractivity contribution in [2.45, 2.75) is 59.5 Å². The molecule has 0 amide bonds. The maximum Gasteiger partial charge on any atom is 0.339 e. The number of hydrogen-bond acceptors (Lipinski definition) is 4. The van der Waals surface area contributed by atoms with Crippen molar-refractivity contribution >= 4 is 32.8 Å². The summed E-state index contributed by atoms with van der Waals surface area (Å²) >= 11 is 3.57. The van der Waals surface area contributed by atoms with Gasteiger partial charge in [0.2, 0.25) is 0 Å². The van der Waals surface area contributed by atoms with Crippen LogP contribution in [0.3, 0.4) is 0 Å². The van der Waals surface area contributed by atoms with Crippen molar-refractivity contribution in [1.82, 2.24) is 9.88 Å². The second kappa shape index (κ2) is 12.3. The van der Waals surface area contributed by atoms with Gasteiger partial charge in [0.25, 0.3) is 0 Å². The molecule has 0 bridgehead atoms. The molecule has 1 unspecified atom stereocenters. The number of fused-ring (bicyclic) bond motifs is 1. The second-order valence-electron chi connectivity index (χ2n) is 11.7. The highest BCUT2D eigenvalue weighted by atomic mass is 79.9. The Bertz CT molecular complexity index is 1730. The zero-order valence-corrected chi connectivity index (χ0v) is 26.3. The first-order valence-corrected chi connectivity index (χ1v) is 15.0. The summed E-state index contributed by atoms with van der Waals surface area (Å²) in [5.41, 5.74) is 8.45. The molecule has 0 saturated heterocycles. The van der Waals surface area contributed by atoms with Gasteiger partial charge in [0.1, 0.15) is 11.8 Å². The number of hydrogen-bond donors (Lipinski definition) is 2. The van der Waals surface area contributed by atoms with Gasteiger partial charge in [0.05, 0.1) is 5.56 Å². The summed E-state index contributed by atoms with van der Waals surface area (Å²) in [7, 11) is 0. The Balaban J connectivity index is 1.35. The molecular weight excluding hydrogens is 588 g/mol. The van der Waals surface area contributed by atoms with E-state index in [4.69, 9.17) is 4.74 Å². The zero-order valence-electron chi connectivity index (χ0n) is 24.7. The topological polar surface area (TPSA) is 63.5 Å². The highest BCUT2D eigenvalue weighted by molar-refractivity contribution is 9.10. The third kappa shape index (κ3) is 6.51. The van der Waals surface area contributed by atoms with Gasteiger partial charge < -0.3 is 14.4 Å². The molecule has 5 aromatic rings. The molecule has 5 nitrogen and oxygen atoms in total. The molecule has 6 heteroatoms. The molecule has 1 aromatic heterocycles. The second-order valence-corrected chi connectivity index (χ2v) is 12.5. The standard InChI is InChI=1S/C36H37BrN2O3/c1-23-24(2)39(33-19-18-27(20-31(23)33)34(40)38-21-28-10-6-9-13-32(28)37)22-25-14-16-26(17-15-25)29-11-7-8-12-30(29)35(41)42-36(3,4)5/h6-20,34,38,40H,21-22H2,1-5H3. The van der Waals surface area contributed by atoms with Crippen LogP contribution in [0.5, 0.6) is 0 Å². The minimum atomic E-state index is -0.777. The number of esters is 1. The Morgan fingerprint density at radius 1 is 0.952 bits per heavy atom. The fourth-order valence-corrected chi connectivity index (χ4v) is 5.65. The number of aryl methyl sites for hydroxylation is 1. The summed E-state index contributed by atoms with van der Waals surface area (Å²) in [5.74, 6) is -0.320. The highest BCUT2D eigenvalue weighted by Gasteiger charge is 2.21. The molecule has 0 fully saturated rings. The van der Waals surface area contributed by atoms with Crippen LogP contribution >= 0.6 is 15.9 Å². The van der Waals surface area contributed by atoms with E-state index in [9.17, 15) is 9.90 Å². The molecule has 5 rings (SSSR count). The number of halogens is 1. The molecule has 42 heavy (non-hydrogen) atoms. The van der Waals surface area contributed by atoms with E-state index < -0.39 is 11.8 Å². The van der Waals surface area contributed by atoms with Crippen LogP contribution in [-0.4, -0.2) is 21.2 Å². The maximum absolute atomic E-state index is 12.9. The predicted molar refractivity (Wildman–Crippen MR) is 174 cm³/mol. The molecule has 4 aromatic carbocycles. The van der Waals surface area contributed by atoms with Gasteiger partial charge in [-0.15, -0.1) is 0 Å². The van der Waals surface area contributed by atoms with Crippen molar-refractivity contribution in [3.8, 4) is 11.1 Å². The lowest BCUT2D eigenvalue weighted by Crippen LogP contribution is -2.24. The maximum atomic E-state index is 12.9. The Kier molecular flexibility index (Phi) is 8.69. The smallest absolute Gasteiger partial charge is 0.339 e. The monoisotopic (exact) mass is 624 g/mol. The Morgan fingerprint density at radius 2 is 1.64 bits per heavy atom. The molecule has 0 aliphatic heterocycles. The molecule has 0 spiro atoms. The summed E-state index contributed by atoms with van der Waals surface area (Å²) in [6, 6.07) is 30.1. The lowest BCUT2D eigenvalue weighted by atomic mass is 9.98. The Labute approximate surface area is 256 Å². The number of nitrogens with zero attached hydrogens (tertiary/aromatic N) is 1. The van der Waals surface area contributed by atoms with Gasteiger partial charge in [-0.25, -0.2) is 4.79 Å². The van der Waals surface area contributed by atoms with Crippen LogP contribution in [-0.2, 0) is 17.8 Å². The zero-order chi connectivity index (χ0) is 30.0. The van der Waals surface area contributed by atoms with Crippen molar-refractivity contribution in [2.24, 2.45) is 0 Å². The van der Waals surface area contributed by atoms with Gasteiger partial charge in [-0.1, -0.05) is 82.7 Å². The van der Waals surface area contributed by atoms with Crippen molar-refractivity contribution in [2.75, 3.05) is 0 Å². The van der Waals surface area contributed by atoms with Crippen LogP contribution in [0.4, 0.5) is 0 Å². The first kappa shape index (κ1) is 29.8. The van der Waals surface area contributed by atoms with E-state index >= 15 is 0 Å². The van der Waals surface area contributed by atoms with Crippen molar-refractivity contribution in [1.29, 1.82) is 0 Å². The first-order valence-electron chi connectivity index (χ1n) is 14.2. The minimum absolute atomic E-state index is 0.320. The lowest BCUT2D eigenvalue weighted by molar-refractivity contribution is 0.00704. The van der Waals surface area contributed by atoms with Gasteiger partial charge in [-0.2, -0.15) is 0 Å². The quantitative estimate of drug-likeness (QED) is 0.134. The van der Waals surface area contributed by atoms with Crippen LogP contribution in [0.1, 0.15) is 65.3 Å².